The van der Waals surface area contributed by atoms with Gasteiger partial charge in [0.05, 0.1) is 12.2 Å². The molecule has 1 fully saturated rings. The quantitative estimate of drug-likeness (QED) is 0.381. The van der Waals surface area contributed by atoms with E-state index in [1.54, 1.807) is 37.3 Å². The number of aryl methyl sites for hydroxylation is 2. The van der Waals surface area contributed by atoms with E-state index in [-0.39, 0.29) is 11.3 Å². The normalized spacial score (nSPS) is 18.2. The molecule has 2 aromatic rings. The fraction of sp³-hybridized carbons (Fsp3) is 0.440. The van der Waals surface area contributed by atoms with Gasteiger partial charge in [0.25, 0.3) is 11.7 Å². The summed E-state index contributed by atoms with van der Waals surface area (Å²) in [4.78, 5) is 29.3. The zero-order valence-electron chi connectivity index (χ0n) is 19.6. The van der Waals surface area contributed by atoms with Gasteiger partial charge in [-0.3, -0.25) is 9.59 Å². The van der Waals surface area contributed by atoms with Crippen LogP contribution in [0.4, 0.5) is 0 Å². The number of furan rings is 1. The van der Waals surface area contributed by atoms with Crippen molar-refractivity contribution in [2.24, 2.45) is 5.92 Å². The molecule has 1 saturated heterocycles. The van der Waals surface area contributed by atoms with Gasteiger partial charge in [0, 0.05) is 18.7 Å². The van der Waals surface area contributed by atoms with Crippen molar-refractivity contribution in [1.29, 1.82) is 0 Å². The van der Waals surface area contributed by atoms with Crippen LogP contribution >= 0.6 is 0 Å². The topological polar surface area (TPSA) is 83.2 Å². The molecule has 0 bridgehead atoms. The molecule has 0 aliphatic carbocycles. The van der Waals surface area contributed by atoms with E-state index >= 15 is 0 Å². The van der Waals surface area contributed by atoms with Crippen LogP contribution in [-0.2, 0) is 9.59 Å². The van der Waals surface area contributed by atoms with Crippen LogP contribution in [0.5, 0.6) is 5.75 Å². The lowest BCUT2D eigenvalue weighted by Crippen LogP contribution is -2.35. The first-order valence-electron chi connectivity index (χ1n) is 10.8. The van der Waals surface area contributed by atoms with E-state index in [1.165, 1.54) is 4.90 Å². The number of amides is 1. The Hall–Kier alpha value is -3.06. The van der Waals surface area contributed by atoms with Gasteiger partial charge in [-0.1, -0.05) is 13.8 Å². The third-order valence-corrected chi connectivity index (χ3v) is 5.38. The van der Waals surface area contributed by atoms with Crippen molar-refractivity contribution < 1.29 is 23.8 Å². The zero-order chi connectivity index (χ0) is 23.6. The molecule has 0 radical (unpaired) electrons. The molecule has 1 N–H and O–H groups in total. The second-order valence-corrected chi connectivity index (χ2v) is 8.93. The summed E-state index contributed by atoms with van der Waals surface area (Å²) >= 11 is 0. The van der Waals surface area contributed by atoms with Crippen molar-refractivity contribution in [1.82, 2.24) is 9.80 Å². The highest BCUT2D eigenvalue weighted by molar-refractivity contribution is 6.46. The number of rotatable bonds is 8. The molecule has 32 heavy (non-hydrogen) atoms. The molecular weight excluding hydrogens is 408 g/mol. The second-order valence-electron chi connectivity index (χ2n) is 8.93. The number of hydrogen-bond acceptors (Lipinski definition) is 6. The number of hydrogen-bond donors (Lipinski definition) is 1. The number of carbonyl (C=O) groups excluding carboxylic acids is 2. The Bertz CT molecular complexity index is 1030. The molecule has 7 nitrogen and oxygen atoms in total. The maximum Gasteiger partial charge on any atom is 0.295 e. The third kappa shape index (κ3) is 4.88. The summed E-state index contributed by atoms with van der Waals surface area (Å²) in [7, 11) is 3.79. The highest BCUT2D eigenvalue weighted by atomic mass is 16.5. The Kier molecular flexibility index (Phi) is 7.09. The highest BCUT2D eigenvalue weighted by Gasteiger charge is 2.47. The van der Waals surface area contributed by atoms with Crippen LogP contribution in [0.1, 0.15) is 42.5 Å². The lowest BCUT2D eigenvalue weighted by molar-refractivity contribution is -0.140. The summed E-state index contributed by atoms with van der Waals surface area (Å²) in [6, 6.07) is 8.00. The van der Waals surface area contributed by atoms with Crippen LogP contribution < -0.4 is 4.74 Å². The summed E-state index contributed by atoms with van der Waals surface area (Å²) in [5, 5.41) is 11.2. The zero-order valence-corrected chi connectivity index (χ0v) is 19.6. The minimum absolute atomic E-state index is 0.0401. The first kappa shape index (κ1) is 23.6. The van der Waals surface area contributed by atoms with Crippen LogP contribution in [0.25, 0.3) is 5.76 Å². The molecule has 7 heteroatoms. The van der Waals surface area contributed by atoms with Crippen molar-refractivity contribution in [3.63, 3.8) is 0 Å². The Labute approximate surface area is 189 Å². The van der Waals surface area contributed by atoms with E-state index in [9.17, 15) is 14.7 Å². The average molecular weight is 441 g/mol. The van der Waals surface area contributed by atoms with E-state index < -0.39 is 17.7 Å². The Morgan fingerprint density at radius 1 is 1.19 bits per heavy atom. The molecular formula is C25H32N2O5. The summed E-state index contributed by atoms with van der Waals surface area (Å²) < 4.78 is 11.6. The van der Waals surface area contributed by atoms with Gasteiger partial charge in [0.15, 0.2) is 0 Å². The van der Waals surface area contributed by atoms with Crippen molar-refractivity contribution in [2.75, 3.05) is 33.8 Å². The number of aliphatic hydroxyl groups is 1. The number of benzene rings is 1. The highest BCUT2D eigenvalue weighted by Crippen LogP contribution is 2.40. The molecule has 1 aromatic carbocycles. The maximum atomic E-state index is 13.0. The molecule has 0 saturated carbocycles. The number of likely N-dealkylation sites (tertiary alicyclic amines) is 1. The number of aliphatic hydroxyl groups excluding tert-OH is 1. The summed E-state index contributed by atoms with van der Waals surface area (Å²) in [5.74, 6) is 0.668. The van der Waals surface area contributed by atoms with Gasteiger partial charge in [-0.15, -0.1) is 0 Å². The maximum absolute atomic E-state index is 13.0. The minimum Gasteiger partial charge on any atom is -0.507 e. The smallest absolute Gasteiger partial charge is 0.295 e. The standard InChI is InChI=1S/C25H32N2O5/c1-15(2)14-31-19-10-8-18(13-16(19)3)23(28)21-22(20-9-7-17(4)32-20)27(12-11-26(5)6)25(30)24(21)29/h7-10,13,15,22,28H,11-12,14H2,1-6H3/b23-21-. The first-order valence-corrected chi connectivity index (χ1v) is 10.8. The Balaban J connectivity index is 2.04. The second kappa shape index (κ2) is 9.61. The van der Waals surface area contributed by atoms with Crippen molar-refractivity contribution in [3.8, 4) is 5.75 Å². The predicted octanol–water partition coefficient (Wildman–Crippen LogP) is 3.91. The molecule has 1 aromatic heterocycles. The largest absolute Gasteiger partial charge is 0.507 e. The van der Waals surface area contributed by atoms with Crippen LogP contribution in [-0.4, -0.2) is 60.4 Å². The number of nitrogens with zero attached hydrogens (tertiary/aromatic N) is 2. The van der Waals surface area contributed by atoms with Gasteiger partial charge in [-0.2, -0.15) is 0 Å². The van der Waals surface area contributed by atoms with Gasteiger partial charge in [-0.25, -0.2) is 0 Å². The molecule has 3 rings (SSSR count). The van der Waals surface area contributed by atoms with Crippen molar-refractivity contribution in [2.45, 2.75) is 33.7 Å². The number of likely N-dealkylation sites (N-methyl/N-ethyl adjacent to an activating group) is 1. The van der Waals surface area contributed by atoms with E-state index in [4.69, 9.17) is 9.15 Å². The van der Waals surface area contributed by atoms with E-state index in [0.717, 1.165) is 11.3 Å². The minimum atomic E-state index is -0.777. The average Bonchev–Trinajstić information content (AvgIpc) is 3.26. The summed E-state index contributed by atoms with van der Waals surface area (Å²) in [5.41, 5.74) is 1.33. The van der Waals surface area contributed by atoms with Gasteiger partial charge >= 0.3 is 0 Å². The molecule has 1 amide bonds. The third-order valence-electron chi connectivity index (χ3n) is 5.38. The molecule has 1 unspecified atom stereocenters. The fourth-order valence-electron chi connectivity index (χ4n) is 3.69. The van der Waals surface area contributed by atoms with Crippen LogP contribution in [0, 0.1) is 19.8 Å². The van der Waals surface area contributed by atoms with E-state index in [0.29, 0.717) is 42.7 Å². The fourth-order valence-corrected chi connectivity index (χ4v) is 3.69. The summed E-state index contributed by atoms with van der Waals surface area (Å²) in [6.07, 6.45) is 0. The van der Waals surface area contributed by atoms with Gasteiger partial charge < -0.3 is 24.1 Å². The van der Waals surface area contributed by atoms with Crippen molar-refractivity contribution in [3.05, 3.63) is 58.6 Å². The predicted molar refractivity (Wildman–Crippen MR) is 123 cm³/mol. The number of Topliss-reactive ketones (excluding diaryl/α,β-unsaturated/α-hetero) is 1. The van der Waals surface area contributed by atoms with Gasteiger partial charge in [0.2, 0.25) is 0 Å². The lowest BCUT2D eigenvalue weighted by atomic mass is 9.98. The summed E-state index contributed by atoms with van der Waals surface area (Å²) in [6.45, 7) is 9.32. The number of ketones is 1. The van der Waals surface area contributed by atoms with E-state index in [2.05, 4.69) is 13.8 Å². The van der Waals surface area contributed by atoms with Crippen molar-refractivity contribution >= 4 is 17.4 Å². The molecule has 172 valence electrons. The Morgan fingerprint density at radius 2 is 1.91 bits per heavy atom. The first-order chi connectivity index (χ1) is 15.1. The number of carbonyl (C=O) groups is 2. The molecule has 2 heterocycles. The SMILES string of the molecule is Cc1ccc(C2/C(=C(/O)c3ccc(OCC(C)C)c(C)c3)C(=O)C(=O)N2CCN(C)C)o1. The Morgan fingerprint density at radius 3 is 2.47 bits per heavy atom. The van der Waals surface area contributed by atoms with Gasteiger partial charge in [-0.05, 0) is 69.8 Å². The molecule has 0 spiro atoms. The monoisotopic (exact) mass is 440 g/mol. The number of ether oxygens (including phenoxy) is 1. The van der Waals surface area contributed by atoms with E-state index in [1.807, 2.05) is 25.9 Å². The molecule has 1 aliphatic rings. The van der Waals surface area contributed by atoms with Crippen LogP contribution in [0.15, 0.2) is 40.3 Å². The lowest BCUT2D eigenvalue weighted by Gasteiger charge is -2.24. The van der Waals surface area contributed by atoms with Gasteiger partial charge in [0.1, 0.15) is 29.1 Å². The molecule has 1 aliphatic heterocycles. The molecule has 1 atom stereocenters. The van der Waals surface area contributed by atoms with Crippen LogP contribution in [0.3, 0.4) is 0 Å². The van der Waals surface area contributed by atoms with Crippen LogP contribution in [0.2, 0.25) is 0 Å².